The van der Waals surface area contributed by atoms with Crippen molar-refractivity contribution in [3.8, 4) is 11.5 Å². The molecule has 34 heavy (non-hydrogen) atoms. The summed E-state index contributed by atoms with van der Waals surface area (Å²) in [5.41, 5.74) is 1.99. The van der Waals surface area contributed by atoms with E-state index in [2.05, 4.69) is 0 Å². The molecule has 2 aromatic rings. The van der Waals surface area contributed by atoms with Crippen LogP contribution in [0.15, 0.2) is 24.3 Å². The zero-order valence-corrected chi connectivity index (χ0v) is 20.7. The molecule has 1 fully saturated rings. The Labute approximate surface area is 204 Å². The third-order valence-electron chi connectivity index (χ3n) is 7.19. The Balaban J connectivity index is 1.32. The first-order valence-corrected chi connectivity index (χ1v) is 12.0. The Morgan fingerprint density at radius 3 is 2.38 bits per heavy atom. The van der Waals surface area contributed by atoms with E-state index in [1.165, 1.54) is 0 Å². The van der Waals surface area contributed by atoms with Gasteiger partial charge in [0.05, 0.1) is 24.0 Å². The molecule has 1 saturated heterocycles. The fourth-order valence-corrected chi connectivity index (χ4v) is 5.51. The number of carbonyl (C=O) groups is 3. The molecule has 0 atom stereocenters. The van der Waals surface area contributed by atoms with Crippen LogP contribution < -0.4 is 9.47 Å². The topological polar surface area (TPSA) is 72.9 Å². The third kappa shape index (κ3) is 3.78. The van der Waals surface area contributed by atoms with Crippen molar-refractivity contribution in [2.75, 3.05) is 13.1 Å². The Morgan fingerprint density at radius 2 is 1.68 bits per heavy atom. The minimum atomic E-state index is -0.612. The number of ether oxygens (including phenoxy) is 2. The predicted molar refractivity (Wildman–Crippen MR) is 128 cm³/mol. The van der Waals surface area contributed by atoms with Gasteiger partial charge in [0.15, 0.2) is 11.6 Å². The molecule has 0 unspecified atom stereocenters. The lowest BCUT2D eigenvalue weighted by Crippen LogP contribution is -2.52. The van der Waals surface area contributed by atoms with Gasteiger partial charge in [-0.1, -0.05) is 11.6 Å². The molecule has 7 heteroatoms. The number of nitrogens with zero attached hydrogens (tertiary/aromatic N) is 1. The van der Waals surface area contributed by atoms with Crippen molar-refractivity contribution in [2.45, 2.75) is 64.6 Å². The van der Waals surface area contributed by atoms with Gasteiger partial charge in [-0.25, -0.2) is 0 Å². The van der Waals surface area contributed by atoms with Crippen molar-refractivity contribution >= 4 is 29.1 Å². The molecule has 3 heterocycles. The van der Waals surface area contributed by atoms with Gasteiger partial charge >= 0.3 is 0 Å². The molecule has 1 amide bonds. The summed E-state index contributed by atoms with van der Waals surface area (Å²) < 4.78 is 12.3. The van der Waals surface area contributed by atoms with Crippen LogP contribution in [0.25, 0.3) is 0 Å². The fraction of sp³-hybridized carbons (Fsp3) is 0.444. The molecule has 0 bridgehead atoms. The summed E-state index contributed by atoms with van der Waals surface area (Å²) in [5, 5.41) is 0.601. The lowest BCUT2D eigenvalue weighted by Gasteiger charge is -2.44. The molecule has 3 aliphatic rings. The van der Waals surface area contributed by atoms with Gasteiger partial charge in [0.1, 0.15) is 22.7 Å². The van der Waals surface area contributed by atoms with Gasteiger partial charge < -0.3 is 14.4 Å². The fourth-order valence-electron chi connectivity index (χ4n) is 5.36. The maximum atomic E-state index is 13.2. The average molecular weight is 482 g/mol. The number of hydrogen-bond acceptors (Lipinski definition) is 5. The van der Waals surface area contributed by atoms with Crippen LogP contribution in [0.3, 0.4) is 0 Å². The van der Waals surface area contributed by atoms with E-state index >= 15 is 0 Å². The number of ketones is 2. The summed E-state index contributed by atoms with van der Waals surface area (Å²) in [4.78, 5) is 40.6. The van der Waals surface area contributed by atoms with Crippen molar-refractivity contribution in [3.63, 3.8) is 0 Å². The van der Waals surface area contributed by atoms with Gasteiger partial charge in [-0.2, -0.15) is 0 Å². The maximum Gasteiger partial charge on any atom is 0.253 e. The van der Waals surface area contributed by atoms with E-state index < -0.39 is 11.2 Å². The monoisotopic (exact) mass is 481 g/mol. The first-order chi connectivity index (χ1) is 16.0. The summed E-state index contributed by atoms with van der Waals surface area (Å²) >= 11 is 6.36. The highest BCUT2D eigenvalue weighted by atomic mass is 35.5. The first-order valence-electron chi connectivity index (χ1n) is 11.7. The molecule has 6 nitrogen and oxygen atoms in total. The Kier molecular flexibility index (Phi) is 5.28. The normalized spacial score (nSPS) is 20.3. The number of benzene rings is 2. The van der Waals surface area contributed by atoms with E-state index in [-0.39, 0.29) is 30.3 Å². The summed E-state index contributed by atoms with van der Waals surface area (Å²) in [6.45, 7) is 8.46. The molecule has 0 aliphatic carbocycles. The zero-order valence-electron chi connectivity index (χ0n) is 19.9. The molecular weight excluding hydrogens is 454 g/mol. The van der Waals surface area contributed by atoms with Crippen molar-refractivity contribution in [1.29, 1.82) is 0 Å². The number of amides is 1. The van der Waals surface area contributed by atoms with Gasteiger partial charge in [-0.3, -0.25) is 14.4 Å². The number of piperidine rings is 1. The Hall–Kier alpha value is -2.86. The highest BCUT2D eigenvalue weighted by Gasteiger charge is 2.44. The molecule has 5 rings (SSSR count). The number of halogens is 1. The SMILES string of the molecule is Cc1cc2c(c(C)c1Cl)C(=O)CC1(CCN(C(=O)c3ccc4c(c3)C(=O)CC(C)(C)O4)CC1)O2. The predicted octanol–water partition coefficient (Wildman–Crippen LogP) is 5.34. The van der Waals surface area contributed by atoms with E-state index in [4.69, 9.17) is 21.1 Å². The van der Waals surface area contributed by atoms with Gasteiger partial charge in [0.2, 0.25) is 0 Å². The third-order valence-corrected chi connectivity index (χ3v) is 7.78. The van der Waals surface area contributed by atoms with Crippen LogP contribution >= 0.6 is 11.6 Å². The minimum Gasteiger partial charge on any atom is -0.487 e. The number of aryl methyl sites for hydroxylation is 1. The number of Topliss-reactive ketones (excluding diaryl/α,β-unsaturated/α-hetero) is 2. The Morgan fingerprint density at radius 1 is 0.971 bits per heavy atom. The molecule has 1 spiro atoms. The molecule has 0 radical (unpaired) electrons. The summed E-state index contributed by atoms with van der Waals surface area (Å²) in [5.74, 6) is 1.00. The first kappa shape index (κ1) is 22.9. The second-order valence-electron chi connectivity index (χ2n) is 10.4. The Bertz CT molecular complexity index is 1240. The van der Waals surface area contributed by atoms with E-state index in [1.807, 2.05) is 33.8 Å². The lowest BCUT2D eigenvalue weighted by atomic mass is 9.81. The van der Waals surface area contributed by atoms with E-state index in [0.29, 0.717) is 59.1 Å². The second-order valence-corrected chi connectivity index (χ2v) is 10.7. The smallest absolute Gasteiger partial charge is 0.253 e. The second kappa shape index (κ2) is 7.84. The number of fused-ring (bicyclic) bond motifs is 2. The van der Waals surface area contributed by atoms with Crippen LogP contribution in [-0.4, -0.2) is 46.7 Å². The summed E-state index contributed by atoms with van der Waals surface area (Å²) in [7, 11) is 0. The van der Waals surface area contributed by atoms with Crippen LogP contribution in [0, 0.1) is 13.8 Å². The molecule has 0 saturated carbocycles. The minimum absolute atomic E-state index is 0.0167. The van der Waals surface area contributed by atoms with E-state index in [9.17, 15) is 14.4 Å². The van der Waals surface area contributed by atoms with Crippen LogP contribution in [0.1, 0.15) is 81.7 Å². The summed E-state index contributed by atoms with van der Waals surface area (Å²) in [6, 6.07) is 6.91. The van der Waals surface area contributed by atoms with Crippen molar-refractivity contribution in [1.82, 2.24) is 4.90 Å². The van der Waals surface area contributed by atoms with Gasteiger partial charge in [0, 0.05) is 36.5 Å². The maximum absolute atomic E-state index is 13.2. The quantitative estimate of drug-likeness (QED) is 0.549. The standard InChI is InChI=1S/C27H28ClNO5/c1-15-11-22-23(16(2)24(15)28)20(31)14-27(34-22)7-9-29(10-8-27)25(32)17-5-6-21-18(12-17)19(30)13-26(3,4)33-21/h5-6,11-12H,7-10,13-14H2,1-4H3. The molecular formula is C27H28ClNO5. The molecule has 2 aromatic carbocycles. The van der Waals surface area contributed by atoms with Crippen molar-refractivity contribution < 1.29 is 23.9 Å². The van der Waals surface area contributed by atoms with Crippen molar-refractivity contribution in [2.24, 2.45) is 0 Å². The molecule has 178 valence electrons. The van der Waals surface area contributed by atoms with Gasteiger partial charge in [0.25, 0.3) is 5.91 Å². The van der Waals surface area contributed by atoms with E-state index in [0.717, 1.165) is 11.1 Å². The lowest BCUT2D eigenvalue weighted by molar-refractivity contribution is -0.00581. The van der Waals surface area contributed by atoms with Crippen molar-refractivity contribution in [3.05, 3.63) is 57.1 Å². The molecule has 0 N–H and O–H groups in total. The van der Waals surface area contributed by atoms with E-state index in [1.54, 1.807) is 23.1 Å². The van der Waals surface area contributed by atoms with Gasteiger partial charge in [-0.15, -0.1) is 0 Å². The highest BCUT2D eigenvalue weighted by molar-refractivity contribution is 6.32. The van der Waals surface area contributed by atoms with Crippen LogP contribution in [0.5, 0.6) is 11.5 Å². The van der Waals surface area contributed by atoms with Crippen LogP contribution in [0.2, 0.25) is 5.02 Å². The van der Waals surface area contributed by atoms with Crippen LogP contribution in [-0.2, 0) is 0 Å². The zero-order chi connectivity index (χ0) is 24.4. The highest BCUT2D eigenvalue weighted by Crippen LogP contribution is 2.43. The number of likely N-dealkylation sites (tertiary alicyclic amines) is 1. The molecule has 3 aliphatic heterocycles. The van der Waals surface area contributed by atoms with Gasteiger partial charge in [-0.05, 0) is 63.1 Å². The van der Waals surface area contributed by atoms with Crippen LogP contribution in [0.4, 0.5) is 0 Å². The number of rotatable bonds is 1. The average Bonchev–Trinajstić information content (AvgIpc) is 2.76. The largest absolute Gasteiger partial charge is 0.487 e. The molecule has 0 aromatic heterocycles. The summed E-state index contributed by atoms with van der Waals surface area (Å²) in [6.07, 6.45) is 1.68. The number of carbonyl (C=O) groups excluding carboxylic acids is 3. The number of hydrogen-bond donors (Lipinski definition) is 0.